The first-order chi connectivity index (χ1) is 8.57. The molecule has 3 aromatic carbocycles. The van der Waals surface area contributed by atoms with Gasteiger partial charge in [-0.05, 0) is 22.2 Å². The third kappa shape index (κ3) is 1.66. The van der Waals surface area contributed by atoms with E-state index in [1.54, 1.807) is 12.1 Å². The van der Waals surface area contributed by atoms with Crippen LogP contribution in [0, 0.1) is 0 Å². The van der Waals surface area contributed by atoms with Crippen molar-refractivity contribution < 1.29 is 13.0 Å². The molecule has 0 saturated carbocycles. The molecule has 3 rings (SSSR count). The van der Waals surface area contributed by atoms with E-state index in [2.05, 4.69) is 0 Å². The highest BCUT2D eigenvalue weighted by Gasteiger charge is 2.15. The van der Waals surface area contributed by atoms with Gasteiger partial charge in [0.15, 0.2) is 0 Å². The van der Waals surface area contributed by atoms with Crippen molar-refractivity contribution >= 4 is 31.7 Å². The van der Waals surface area contributed by atoms with E-state index in [0.717, 1.165) is 16.2 Å². The Hall–Kier alpha value is -1.91. The van der Waals surface area contributed by atoms with Crippen molar-refractivity contribution in [3.8, 4) is 0 Å². The Balaban J connectivity index is 2.56. The third-order valence-electron chi connectivity index (χ3n) is 3.02. The topological polar surface area (TPSA) is 54.0 Å². The van der Waals surface area contributed by atoms with Crippen molar-refractivity contribution in [2.75, 3.05) is 0 Å². The molecule has 4 heteroatoms. The molecule has 0 spiro atoms. The molecule has 0 N–H and O–H groups in total. The fraction of sp³-hybridized carbons (Fsp3) is 0. The van der Waals surface area contributed by atoms with E-state index < -0.39 is 10.1 Å². The summed E-state index contributed by atoms with van der Waals surface area (Å²) in [6.45, 7) is 0. The van der Waals surface area contributed by atoms with Gasteiger partial charge in [0.1, 0.15) is 4.90 Å². The van der Waals surface area contributed by atoms with Crippen LogP contribution in [-0.2, 0) is 14.7 Å². The molecule has 0 bridgehead atoms. The Bertz CT molecular complexity index is 851. The summed E-state index contributed by atoms with van der Waals surface area (Å²) < 4.78 is 33.7. The number of fused-ring (bicyclic) bond motifs is 3. The Morgan fingerprint density at radius 2 is 1.39 bits per heavy atom. The highest BCUT2D eigenvalue weighted by atomic mass is 32.2. The van der Waals surface area contributed by atoms with Gasteiger partial charge in [-0.25, -0.2) is 0 Å². The van der Waals surface area contributed by atoms with Crippen molar-refractivity contribution in [1.82, 2.24) is 0 Å². The molecule has 0 aromatic heterocycles. The number of rotatable bonds is 1. The monoisotopic (exact) mass is 257 g/mol. The predicted octanol–water partition coefficient (Wildman–Crippen LogP) is 3.11. The minimum Gasteiger partial charge on any atom is -0.192 e. The average molecular weight is 257 g/mol. The molecule has 0 aliphatic carbocycles. The van der Waals surface area contributed by atoms with Crippen molar-refractivity contribution in [3.05, 3.63) is 54.6 Å². The lowest BCUT2D eigenvalue weighted by molar-refractivity contribution is 0.415. The van der Waals surface area contributed by atoms with E-state index in [1.807, 2.05) is 36.4 Å². The SMILES string of the molecule is [O]S(=O)(=O)c1cccc2c1ccc1ccccc12. The molecule has 0 aliphatic heterocycles. The summed E-state index contributed by atoms with van der Waals surface area (Å²) in [6, 6.07) is 16.0. The molecule has 0 aliphatic rings. The van der Waals surface area contributed by atoms with Crippen LogP contribution in [0.5, 0.6) is 0 Å². The summed E-state index contributed by atoms with van der Waals surface area (Å²) in [6.07, 6.45) is 0. The van der Waals surface area contributed by atoms with E-state index in [9.17, 15) is 13.0 Å². The Morgan fingerprint density at radius 3 is 2.17 bits per heavy atom. The summed E-state index contributed by atoms with van der Waals surface area (Å²) in [4.78, 5) is -0.161. The second-order valence-corrected chi connectivity index (χ2v) is 5.44. The van der Waals surface area contributed by atoms with Gasteiger partial charge >= 0.3 is 10.1 Å². The van der Waals surface area contributed by atoms with Crippen LogP contribution in [0.25, 0.3) is 21.5 Å². The molecule has 0 atom stereocenters. The minimum absolute atomic E-state index is 0.161. The van der Waals surface area contributed by atoms with Crippen molar-refractivity contribution in [2.24, 2.45) is 0 Å². The molecule has 0 saturated heterocycles. The number of benzene rings is 3. The van der Waals surface area contributed by atoms with Gasteiger partial charge in [0, 0.05) is 5.39 Å². The highest BCUT2D eigenvalue weighted by molar-refractivity contribution is 7.85. The van der Waals surface area contributed by atoms with E-state index in [-0.39, 0.29) is 4.90 Å². The van der Waals surface area contributed by atoms with Gasteiger partial charge in [-0.3, -0.25) is 0 Å². The van der Waals surface area contributed by atoms with Crippen LogP contribution in [0.2, 0.25) is 0 Å². The molecule has 0 fully saturated rings. The van der Waals surface area contributed by atoms with Crippen LogP contribution in [0.15, 0.2) is 59.5 Å². The van der Waals surface area contributed by atoms with Gasteiger partial charge in [-0.2, -0.15) is 8.42 Å². The van der Waals surface area contributed by atoms with Gasteiger partial charge in [0.25, 0.3) is 0 Å². The first-order valence-electron chi connectivity index (χ1n) is 5.44. The molecular formula is C14H9O3S. The van der Waals surface area contributed by atoms with E-state index in [0.29, 0.717) is 5.39 Å². The Kier molecular flexibility index (Phi) is 2.36. The Morgan fingerprint density at radius 1 is 0.667 bits per heavy atom. The number of hydrogen-bond donors (Lipinski definition) is 0. The normalized spacial score (nSPS) is 12.1. The van der Waals surface area contributed by atoms with Gasteiger partial charge in [-0.15, -0.1) is 0 Å². The van der Waals surface area contributed by atoms with Gasteiger partial charge in [0.05, 0.1) is 0 Å². The fourth-order valence-electron chi connectivity index (χ4n) is 2.23. The lowest BCUT2D eigenvalue weighted by Gasteiger charge is -2.06. The van der Waals surface area contributed by atoms with E-state index in [4.69, 9.17) is 0 Å². The maximum absolute atomic E-state index is 11.2. The zero-order valence-corrected chi connectivity index (χ0v) is 10.1. The molecule has 1 radical (unpaired) electrons. The predicted molar refractivity (Wildman–Crippen MR) is 69.3 cm³/mol. The standard InChI is InChI=1S/C14H9O3S/c15-18(16,17)14-7-3-6-12-11-5-2-1-4-10(11)8-9-13(12)14/h1-9H. The molecule has 0 heterocycles. The van der Waals surface area contributed by atoms with E-state index >= 15 is 0 Å². The smallest absolute Gasteiger partial charge is 0.192 e. The lowest BCUT2D eigenvalue weighted by Crippen LogP contribution is -1.97. The second kappa shape index (κ2) is 3.80. The van der Waals surface area contributed by atoms with Crippen LogP contribution < -0.4 is 0 Å². The summed E-state index contributed by atoms with van der Waals surface area (Å²) in [7, 11) is -4.45. The van der Waals surface area contributed by atoms with Gasteiger partial charge in [-0.1, -0.05) is 53.1 Å². The van der Waals surface area contributed by atoms with E-state index in [1.165, 1.54) is 6.07 Å². The van der Waals surface area contributed by atoms with Crippen LogP contribution in [0.3, 0.4) is 0 Å². The lowest BCUT2D eigenvalue weighted by atomic mass is 10.0. The maximum Gasteiger partial charge on any atom is 0.324 e. The molecule has 18 heavy (non-hydrogen) atoms. The van der Waals surface area contributed by atoms with Crippen molar-refractivity contribution in [1.29, 1.82) is 0 Å². The third-order valence-corrected chi connectivity index (χ3v) is 3.91. The Labute approximate surface area is 104 Å². The quantitative estimate of drug-likeness (QED) is 0.629. The van der Waals surface area contributed by atoms with Crippen LogP contribution in [0.4, 0.5) is 0 Å². The van der Waals surface area contributed by atoms with Gasteiger partial charge < -0.3 is 0 Å². The summed E-state index contributed by atoms with van der Waals surface area (Å²) in [5.74, 6) is 0. The maximum atomic E-state index is 11.2. The molecule has 3 aromatic rings. The first-order valence-corrected chi connectivity index (χ1v) is 6.84. The largest absolute Gasteiger partial charge is 0.324 e. The van der Waals surface area contributed by atoms with Crippen molar-refractivity contribution in [2.45, 2.75) is 4.90 Å². The fourth-order valence-corrected chi connectivity index (χ4v) is 2.92. The molecule has 89 valence electrons. The average Bonchev–Trinajstić information content (AvgIpc) is 2.36. The summed E-state index contributed by atoms with van der Waals surface area (Å²) in [5.41, 5.74) is 0. The number of hydrogen-bond acceptors (Lipinski definition) is 2. The van der Waals surface area contributed by atoms with Crippen LogP contribution in [-0.4, -0.2) is 8.42 Å². The first kappa shape index (κ1) is 11.2. The zero-order valence-electron chi connectivity index (χ0n) is 9.33. The van der Waals surface area contributed by atoms with Gasteiger partial charge in [0.2, 0.25) is 0 Å². The molecule has 3 nitrogen and oxygen atoms in total. The highest BCUT2D eigenvalue weighted by Crippen LogP contribution is 2.29. The van der Waals surface area contributed by atoms with Crippen LogP contribution in [0.1, 0.15) is 0 Å². The minimum atomic E-state index is -4.45. The van der Waals surface area contributed by atoms with Crippen LogP contribution >= 0.6 is 0 Å². The molecular weight excluding hydrogens is 248 g/mol. The zero-order chi connectivity index (χ0) is 12.8. The molecule has 0 unspecified atom stereocenters. The second-order valence-electron chi connectivity index (χ2n) is 4.09. The summed E-state index contributed by atoms with van der Waals surface area (Å²) in [5, 5.41) is 3.22. The summed E-state index contributed by atoms with van der Waals surface area (Å²) >= 11 is 0. The molecule has 0 amide bonds. The van der Waals surface area contributed by atoms with Crippen molar-refractivity contribution in [3.63, 3.8) is 0 Å².